The molecule has 0 saturated carbocycles. The molecule has 338 valence electrons. The molecule has 0 spiro atoms. The predicted octanol–water partition coefficient (Wildman–Crippen LogP) is -0.951. The Labute approximate surface area is 347 Å². The van der Waals surface area contributed by atoms with Gasteiger partial charge in [-0.05, 0) is 12.8 Å². The van der Waals surface area contributed by atoms with Crippen LogP contribution in [0.4, 0.5) is 0 Å². The number of carbonyl (C=O) groups is 5. The van der Waals surface area contributed by atoms with Gasteiger partial charge in [0.15, 0.2) is 0 Å². The summed E-state index contributed by atoms with van der Waals surface area (Å²) in [6, 6.07) is -2.25. The van der Waals surface area contributed by atoms with Gasteiger partial charge in [-0.25, -0.2) is 23.3 Å². The van der Waals surface area contributed by atoms with E-state index >= 15 is 0 Å². The smallest absolute Gasteiger partial charge is 0.481 e. The number of nitrogens with one attached hydrogen (secondary N) is 3. The molecule has 7 unspecified atom stereocenters. The van der Waals surface area contributed by atoms with Crippen molar-refractivity contribution in [2.45, 2.75) is 88.3 Å². The zero-order valence-electron chi connectivity index (χ0n) is 31.2. The molecule has 0 bridgehead atoms. The van der Waals surface area contributed by atoms with Gasteiger partial charge >= 0.3 is 41.1 Å². The monoisotopic (exact) mass is 955 g/mol. The van der Waals surface area contributed by atoms with Crippen LogP contribution >= 0.6 is 45.1 Å². The zero-order chi connectivity index (χ0) is 45.3. The maximum absolute atomic E-state index is 12.5. The first-order valence-electron chi connectivity index (χ1n) is 17.4. The first kappa shape index (κ1) is 52.9. The molecule has 1 saturated heterocycles. The van der Waals surface area contributed by atoms with Crippen LogP contribution in [-0.4, -0.2) is 123 Å². The average Bonchev–Trinajstić information content (AvgIpc) is 3.48. The molecule has 2 amide bonds. The minimum absolute atomic E-state index is 0.0113. The third kappa shape index (κ3) is 21.0. The Morgan fingerprint density at radius 1 is 0.967 bits per heavy atom. The van der Waals surface area contributed by atoms with Gasteiger partial charge in [0.1, 0.15) is 29.7 Å². The summed E-state index contributed by atoms with van der Waals surface area (Å²) in [6.07, 6.45) is -1.81. The second kappa shape index (κ2) is 25.0. The number of nitrogens with zero attached hydrogens (tertiary/aromatic N) is 1. The number of aliphatic hydroxyl groups excluding tert-OH is 1. The number of rotatable bonds is 27. The zero-order valence-corrected chi connectivity index (χ0v) is 35.5. The summed E-state index contributed by atoms with van der Waals surface area (Å²) in [5, 5.41) is 32.7. The van der Waals surface area contributed by atoms with Crippen molar-refractivity contribution < 1.29 is 90.4 Å². The fourth-order valence-electron chi connectivity index (χ4n) is 4.84. The van der Waals surface area contributed by atoms with E-state index in [0.29, 0.717) is 37.2 Å². The number of H-pyrrole nitrogens is 1. The van der Waals surface area contributed by atoms with E-state index in [2.05, 4.69) is 35.6 Å². The van der Waals surface area contributed by atoms with Crippen molar-refractivity contribution in [2.75, 3.05) is 24.7 Å². The topological polar surface area (TPSA) is 420 Å². The number of aromatic amines is 1. The lowest BCUT2D eigenvalue weighted by Crippen LogP contribution is -2.42. The fourth-order valence-corrected chi connectivity index (χ4v) is 10.0. The lowest BCUT2D eigenvalue weighted by molar-refractivity contribution is -0.147. The molecule has 26 nitrogen and oxygen atoms in total. The number of phosphoric acid groups is 3. The van der Waals surface area contributed by atoms with Crippen LogP contribution in [0, 0.1) is 11.8 Å². The Kier molecular flexibility index (Phi) is 22.1. The van der Waals surface area contributed by atoms with Crippen molar-refractivity contribution in [2.24, 2.45) is 5.73 Å². The van der Waals surface area contributed by atoms with Crippen LogP contribution in [0.3, 0.4) is 0 Å². The molecule has 0 radical (unpaired) electrons. The number of hydrogen-bond acceptors (Lipinski definition) is 18. The molecule has 1 aliphatic rings. The Hall–Kier alpha value is -3.22. The van der Waals surface area contributed by atoms with E-state index in [-0.39, 0.29) is 49.5 Å². The Morgan fingerprint density at radius 3 is 2.27 bits per heavy atom. The molecule has 1 aliphatic heterocycles. The van der Waals surface area contributed by atoms with Crippen LogP contribution in [0.5, 0.6) is 0 Å². The van der Waals surface area contributed by atoms with Crippen LogP contribution in [0.25, 0.3) is 0 Å². The number of hydrogen-bond donors (Lipinski definition) is 11. The number of nitrogens with two attached hydrogens (primary N) is 1. The van der Waals surface area contributed by atoms with E-state index in [1.807, 2.05) is 4.98 Å². The van der Waals surface area contributed by atoms with E-state index in [0.717, 1.165) is 10.8 Å². The molecule has 2 heterocycles. The molecular formula is C29H44N5O21P3S2. The van der Waals surface area contributed by atoms with Gasteiger partial charge in [0.25, 0.3) is 5.56 Å². The number of phosphoric ester groups is 1. The van der Waals surface area contributed by atoms with Crippen LogP contribution in [-0.2, 0) is 55.5 Å². The van der Waals surface area contributed by atoms with Crippen molar-refractivity contribution in [3.05, 3.63) is 32.6 Å². The van der Waals surface area contributed by atoms with Crippen LogP contribution < -0.4 is 27.6 Å². The van der Waals surface area contributed by atoms with Crippen molar-refractivity contribution in [1.29, 1.82) is 0 Å². The summed E-state index contributed by atoms with van der Waals surface area (Å²) in [4.78, 5) is 121. The fraction of sp³-hybridized carbons (Fsp3) is 0.621. The quantitative estimate of drug-likeness (QED) is 0.0219. The van der Waals surface area contributed by atoms with Crippen LogP contribution in [0.1, 0.15) is 69.6 Å². The van der Waals surface area contributed by atoms with Crippen LogP contribution in [0.2, 0.25) is 0 Å². The molecule has 1 aromatic rings. The Bertz CT molecular complexity index is 2020. The maximum atomic E-state index is 12.5. The molecule has 12 N–H and O–H groups in total. The minimum Gasteiger partial charge on any atom is -0.481 e. The van der Waals surface area contributed by atoms with Gasteiger partial charge in [-0.3, -0.25) is 38.0 Å². The minimum atomic E-state index is -5.79. The number of ketones is 1. The first-order chi connectivity index (χ1) is 27.9. The number of amides is 2. The molecular weight excluding hydrogens is 911 g/mol. The van der Waals surface area contributed by atoms with Crippen molar-refractivity contribution >= 4 is 74.6 Å². The Morgan fingerprint density at radius 2 is 1.63 bits per heavy atom. The molecule has 1 fully saturated rings. The maximum Gasteiger partial charge on any atom is 0.490 e. The number of carboxylic acids is 2. The number of unbranched alkanes of at least 4 members (excludes halogenated alkanes) is 3. The van der Waals surface area contributed by atoms with Crippen molar-refractivity contribution in [1.82, 2.24) is 20.2 Å². The summed E-state index contributed by atoms with van der Waals surface area (Å²) < 4.78 is 52.2. The second-order valence-corrected chi connectivity index (χ2v) is 19.6. The molecule has 0 aromatic carbocycles. The SMILES string of the molecule is NC(CSSCCC(=O)NCC#Cc1cn(C2CC(O)C(COP(=O)(O)OP(=O)(O)OP(=O)(O)O)O2)c(=O)[nH]c1=O)C(=O)CCCCCCC(=O)NC(CC(=O)O)C(=O)O. The van der Waals surface area contributed by atoms with Gasteiger partial charge in [-0.2, -0.15) is 8.62 Å². The number of aromatic nitrogens is 2. The molecule has 1 aromatic heterocycles. The summed E-state index contributed by atoms with van der Waals surface area (Å²) in [5.74, 6) is 1.78. The molecule has 0 aliphatic carbocycles. The third-order valence-corrected chi connectivity index (χ3v) is 13.9. The molecule has 60 heavy (non-hydrogen) atoms. The molecule has 2 rings (SSSR count). The summed E-state index contributed by atoms with van der Waals surface area (Å²) in [7, 11) is -14.3. The highest BCUT2D eigenvalue weighted by molar-refractivity contribution is 8.76. The predicted molar refractivity (Wildman–Crippen MR) is 208 cm³/mol. The van der Waals surface area contributed by atoms with Crippen molar-refractivity contribution in [3.8, 4) is 11.8 Å². The van der Waals surface area contributed by atoms with Gasteiger partial charge in [0.2, 0.25) is 11.8 Å². The number of carbonyl (C=O) groups excluding carboxylic acids is 3. The van der Waals surface area contributed by atoms with Gasteiger partial charge in [0, 0.05) is 43.4 Å². The van der Waals surface area contributed by atoms with Gasteiger partial charge in [-0.1, -0.05) is 46.3 Å². The van der Waals surface area contributed by atoms with Crippen LogP contribution in [0.15, 0.2) is 15.8 Å². The normalized spacial score (nSPS) is 19.5. The van der Waals surface area contributed by atoms with Gasteiger partial charge in [-0.15, -0.1) is 0 Å². The van der Waals surface area contributed by atoms with Gasteiger partial charge in [0.05, 0.1) is 31.7 Å². The highest BCUT2D eigenvalue weighted by Gasteiger charge is 2.43. The lowest BCUT2D eigenvalue weighted by Gasteiger charge is -2.19. The van der Waals surface area contributed by atoms with E-state index < -0.39 is 96.1 Å². The molecule has 7 atom stereocenters. The highest BCUT2D eigenvalue weighted by Crippen LogP contribution is 2.66. The van der Waals surface area contributed by atoms with Gasteiger partial charge < -0.3 is 56.0 Å². The lowest BCUT2D eigenvalue weighted by atomic mass is 10.1. The molecule has 31 heteroatoms. The number of aliphatic carboxylic acids is 2. The Balaban J connectivity index is 1.70. The van der Waals surface area contributed by atoms with E-state index in [1.165, 1.54) is 21.6 Å². The first-order valence-corrected chi connectivity index (χ1v) is 24.4. The summed E-state index contributed by atoms with van der Waals surface area (Å²) >= 11 is 0. The van der Waals surface area contributed by atoms with E-state index in [9.17, 15) is 62.2 Å². The van der Waals surface area contributed by atoms with E-state index in [1.54, 1.807) is 0 Å². The summed E-state index contributed by atoms with van der Waals surface area (Å²) in [5.41, 5.74) is 3.83. The largest absolute Gasteiger partial charge is 0.490 e. The number of Topliss-reactive ketones (excluding diaryl/α,β-unsaturated/α-hetero) is 1. The number of ether oxygens (including phenoxy) is 1. The van der Waals surface area contributed by atoms with E-state index in [4.69, 9.17) is 30.5 Å². The third-order valence-electron chi connectivity index (χ3n) is 7.64. The number of carboxylic acid groups (broad SMARTS) is 2. The highest BCUT2D eigenvalue weighted by atomic mass is 33.1. The second-order valence-electron chi connectivity index (χ2n) is 12.5. The average molecular weight is 956 g/mol. The number of aliphatic hydroxyl groups is 1. The summed E-state index contributed by atoms with van der Waals surface area (Å²) in [6.45, 7) is -1.19. The van der Waals surface area contributed by atoms with Crippen molar-refractivity contribution in [3.63, 3.8) is 0 Å². The standard InChI is InChI=1S/C29H44N5O21P3S2/c30-18(20(35)7-3-1-2-4-8-24(38)32-19(28(42)43)12-26(39)40)16-60-59-11-9-23(37)31-10-5-6-17-14-34(29(44)33-27(17)41)25-13-21(36)22(53-25)15-52-57(48,49)55-58(50,51)54-56(45,46)47/h14,18-19,21-22,25,36H,1-4,7-13,15-16,30H2,(H,31,37)(H,32,38)(H,39,40)(H,42,43)(H,48,49)(H,50,51)(H,33,41,44)(H2,45,46,47).